The second kappa shape index (κ2) is 8.72. The molecule has 1 unspecified atom stereocenters. The predicted molar refractivity (Wildman–Crippen MR) is 107 cm³/mol. The molecule has 3 rings (SSSR count). The Morgan fingerprint density at radius 3 is 2.19 bits per heavy atom. The summed E-state index contributed by atoms with van der Waals surface area (Å²) in [6.07, 6.45) is 0.921. The van der Waals surface area contributed by atoms with Crippen molar-refractivity contribution in [2.75, 3.05) is 34.0 Å². The quantitative estimate of drug-likeness (QED) is 0.758. The first-order chi connectivity index (χ1) is 13.1. The molecule has 1 heterocycles. The standard InChI is InChI=1S/C21H26ClNO4/c1-5-26-19-9-13-7-8-23-21(14(13)11-20(19)27-6-2)15-10-16(22)18(25-4)12-17(15)24-3/h9-12,21,23H,5-8H2,1-4H3. The van der Waals surface area contributed by atoms with E-state index >= 15 is 0 Å². The van der Waals surface area contributed by atoms with E-state index in [9.17, 15) is 0 Å². The molecule has 2 aromatic carbocycles. The van der Waals surface area contributed by atoms with Crippen molar-refractivity contribution in [2.45, 2.75) is 26.3 Å². The summed E-state index contributed by atoms with van der Waals surface area (Å²) in [5.41, 5.74) is 3.35. The molecule has 0 aliphatic carbocycles. The molecular weight excluding hydrogens is 366 g/mol. The first kappa shape index (κ1) is 19.6. The summed E-state index contributed by atoms with van der Waals surface area (Å²) in [6, 6.07) is 7.84. The molecule has 0 radical (unpaired) electrons. The topological polar surface area (TPSA) is 49.0 Å². The van der Waals surface area contributed by atoms with Crippen LogP contribution >= 0.6 is 11.6 Å². The molecule has 0 aromatic heterocycles. The van der Waals surface area contributed by atoms with E-state index < -0.39 is 0 Å². The highest BCUT2D eigenvalue weighted by molar-refractivity contribution is 6.32. The van der Waals surface area contributed by atoms with Crippen molar-refractivity contribution >= 4 is 11.6 Å². The van der Waals surface area contributed by atoms with Gasteiger partial charge in [-0.05, 0) is 49.6 Å². The van der Waals surface area contributed by atoms with Gasteiger partial charge in [-0.2, -0.15) is 0 Å². The van der Waals surface area contributed by atoms with Crippen LogP contribution in [0.5, 0.6) is 23.0 Å². The molecule has 0 saturated carbocycles. The molecule has 1 atom stereocenters. The summed E-state index contributed by atoms with van der Waals surface area (Å²) in [4.78, 5) is 0. The fourth-order valence-corrected chi connectivity index (χ4v) is 3.74. The molecule has 1 aliphatic heterocycles. The summed E-state index contributed by atoms with van der Waals surface area (Å²) >= 11 is 6.40. The van der Waals surface area contributed by atoms with Crippen molar-refractivity contribution < 1.29 is 18.9 Å². The molecule has 6 heteroatoms. The maximum atomic E-state index is 6.40. The number of hydrogen-bond donors (Lipinski definition) is 1. The van der Waals surface area contributed by atoms with Gasteiger partial charge in [0.1, 0.15) is 11.5 Å². The maximum absolute atomic E-state index is 6.40. The molecule has 0 fully saturated rings. The van der Waals surface area contributed by atoms with Crippen LogP contribution in [-0.4, -0.2) is 34.0 Å². The fourth-order valence-electron chi connectivity index (χ4n) is 3.49. The lowest BCUT2D eigenvalue weighted by molar-refractivity contribution is 0.286. The second-order valence-electron chi connectivity index (χ2n) is 6.23. The van der Waals surface area contributed by atoms with Crippen molar-refractivity contribution in [3.05, 3.63) is 46.0 Å². The van der Waals surface area contributed by atoms with E-state index in [2.05, 4.69) is 17.4 Å². The smallest absolute Gasteiger partial charge is 0.161 e. The molecule has 27 heavy (non-hydrogen) atoms. The average molecular weight is 392 g/mol. The molecule has 1 aliphatic rings. The van der Waals surface area contributed by atoms with Gasteiger partial charge >= 0.3 is 0 Å². The van der Waals surface area contributed by atoms with Gasteiger partial charge in [0.05, 0.1) is 38.5 Å². The third-order valence-electron chi connectivity index (χ3n) is 4.67. The van der Waals surface area contributed by atoms with Gasteiger partial charge in [0.2, 0.25) is 0 Å². The Balaban J connectivity index is 2.11. The lowest BCUT2D eigenvalue weighted by atomic mass is 9.89. The van der Waals surface area contributed by atoms with E-state index in [4.69, 9.17) is 30.5 Å². The summed E-state index contributed by atoms with van der Waals surface area (Å²) in [5.74, 6) is 2.87. The zero-order chi connectivity index (χ0) is 19.4. The van der Waals surface area contributed by atoms with Gasteiger partial charge in [0.25, 0.3) is 0 Å². The molecule has 5 nitrogen and oxygen atoms in total. The van der Waals surface area contributed by atoms with Gasteiger partial charge in [0.15, 0.2) is 11.5 Å². The fraction of sp³-hybridized carbons (Fsp3) is 0.429. The Hall–Kier alpha value is -2.11. The van der Waals surface area contributed by atoms with Crippen molar-refractivity contribution in [3.63, 3.8) is 0 Å². The van der Waals surface area contributed by atoms with E-state index in [0.29, 0.717) is 24.0 Å². The minimum Gasteiger partial charge on any atom is -0.496 e. The van der Waals surface area contributed by atoms with E-state index in [-0.39, 0.29) is 6.04 Å². The van der Waals surface area contributed by atoms with Crippen LogP contribution in [0.2, 0.25) is 5.02 Å². The van der Waals surface area contributed by atoms with Crippen molar-refractivity contribution in [1.82, 2.24) is 5.32 Å². The largest absolute Gasteiger partial charge is 0.496 e. The van der Waals surface area contributed by atoms with E-state index in [0.717, 1.165) is 41.3 Å². The summed E-state index contributed by atoms with van der Waals surface area (Å²) in [7, 11) is 3.25. The molecule has 0 bridgehead atoms. The second-order valence-corrected chi connectivity index (χ2v) is 6.64. The van der Waals surface area contributed by atoms with Crippen LogP contribution in [0.1, 0.15) is 36.6 Å². The number of ether oxygens (including phenoxy) is 4. The Kier molecular flexibility index (Phi) is 6.34. The SMILES string of the molecule is CCOc1cc2c(cc1OCC)C(c1cc(Cl)c(OC)cc1OC)NCC2. The number of rotatable bonds is 7. The summed E-state index contributed by atoms with van der Waals surface area (Å²) < 4.78 is 22.6. The van der Waals surface area contributed by atoms with Crippen molar-refractivity contribution in [1.29, 1.82) is 0 Å². The third-order valence-corrected chi connectivity index (χ3v) is 4.97. The molecule has 1 N–H and O–H groups in total. The Bertz CT molecular complexity index is 809. The molecule has 2 aromatic rings. The van der Waals surface area contributed by atoms with Gasteiger partial charge < -0.3 is 24.3 Å². The lowest BCUT2D eigenvalue weighted by Gasteiger charge is -2.30. The zero-order valence-corrected chi connectivity index (χ0v) is 17.0. The zero-order valence-electron chi connectivity index (χ0n) is 16.2. The van der Waals surface area contributed by atoms with Crippen LogP contribution < -0.4 is 24.3 Å². The highest BCUT2D eigenvalue weighted by atomic mass is 35.5. The number of benzene rings is 2. The molecule has 146 valence electrons. The first-order valence-corrected chi connectivity index (χ1v) is 9.57. The highest BCUT2D eigenvalue weighted by Gasteiger charge is 2.27. The van der Waals surface area contributed by atoms with E-state index in [1.54, 1.807) is 14.2 Å². The first-order valence-electron chi connectivity index (χ1n) is 9.20. The van der Waals surface area contributed by atoms with Crippen LogP contribution in [-0.2, 0) is 6.42 Å². The number of halogens is 1. The Morgan fingerprint density at radius 2 is 1.56 bits per heavy atom. The van der Waals surface area contributed by atoms with Gasteiger partial charge in [-0.3, -0.25) is 0 Å². The van der Waals surface area contributed by atoms with Crippen LogP contribution in [0.4, 0.5) is 0 Å². The summed E-state index contributed by atoms with van der Waals surface area (Å²) in [6.45, 7) is 5.97. The van der Waals surface area contributed by atoms with Crippen LogP contribution in [0.25, 0.3) is 0 Å². The molecule has 0 spiro atoms. The predicted octanol–water partition coefficient (Wildman–Crippen LogP) is 4.39. The Labute approximate surface area is 165 Å². The molecule has 0 saturated heterocycles. The highest BCUT2D eigenvalue weighted by Crippen LogP contribution is 2.42. The monoisotopic (exact) mass is 391 g/mol. The van der Waals surface area contributed by atoms with Gasteiger partial charge in [-0.1, -0.05) is 11.6 Å². The number of methoxy groups -OCH3 is 2. The maximum Gasteiger partial charge on any atom is 0.161 e. The van der Waals surface area contributed by atoms with Crippen LogP contribution in [0.15, 0.2) is 24.3 Å². The third kappa shape index (κ3) is 3.94. The molecular formula is C21H26ClNO4. The molecule has 0 amide bonds. The van der Waals surface area contributed by atoms with Crippen molar-refractivity contribution in [2.24, 2.45) is 0 Å². The van der Waals surface area contributed by atoms with E-state index in [1.807, 2.05) is 26.0 Å². The lowest BCUT2D eigenvalue weighted by Crippen LogP contribution is -2.31. The average Bonchev–Trinajstić information content (AvgIpc) is 2.68. The number of nitrogens with one attached hydrogen (secondary N) is 1. The number of hydrogen-bond acceptors (Lipinski definition) is 5. The van der Waals surface area contributed by atoms with Gasteiger partial charge in [-0.15, -0.1) is 0 Å². The van der Waals surface area contributed by atoms with Crippen LogP contribution in [0.3, 0.4) is 0 Å². The minimum atomic E-state index is -0.0537. The Morgan fingerprint density at radius 1 is 0.889 bits per heavy atom. The van der Waals surface area contributed by atoms with Gasteiger partial charge in [0, 0.05) is 18.2 Å². The van der Waals surface area contributed by atoms with Crippen LogP contribution in [0, 0.1) is 0 Å². The summed E-state index contributed by atoms with van der Waals surface area (Å²) in [5, 5.41) is 4.13. The van der Waals surface area contributed by atoms with E-state index in [1.165, 1.54) is 5.56 Å². The number of fused-ring (bicyclic) bond motifs is 1. The van der Waals surface area contributed by atoms with Gasteiger partial charge in [-0.25, -0.2) is 0 Å². The minimum absolute atomic E-state index is 0.0537. The van der Waals surface area contributed by atoms with Crippen molar-refractivity contribution in [3.8, 4) is 23.0 Å². The normalized spacial score (nSPS) is 15.8.